The van der Waals surface area contributed by atoms with Gasteiger partial charge in [0.1, 0.15) is 0 Å². The molecule has 0 aliphatic heterocycles. The molecule has 0 unspecified atom stereocenters. The fraction of sp³-hybridized carbons (Fsp3) is 0.632. The first kappa shape index (κ1) is 18.6. The van der Waals surface area contributed by atoms with Crippen LogP contribution in [0.5, 0.6) is 11.5 Å². The van der Waals surface area contributed by atoms with E-state index < -0.39 is 0 Å². The second-order valence-corrected chi connectivity index (χ2v) is 7.43. The van der Waals surface area contributed by atoms with Crippen molar-refractivity contribution in [3.8, 4) is 11.5 Å². The van der Waals surface area contributed by atoms with Gasteiger partial charge in [0, 0.05) is 18.1 Å². The van der Waals surface area contributed by atoms with Crippen LogP contribution in [0.2, 0.25) is 0 Å². The van der Waals surface area contributed by atoms with Crippen LogP contribution in [-0.4, -0.2) is 31.2 Å². The number of amides is 1. The summed E-state index contributed by atoms with van der Waals surface area (Å²) in [5.41, 5.74) is 0.894. The van der Waals surface area contributed by atoms with E-state index in [1.165, 1.54) is 25.7 Å². The lowest BCUT2D eigenvalue weighted by atomic mass is 10.1. The Hall–Kier alpha value is -1.75. The number of hydrogen-bond donors (Lipinski definition) is 2. The van der Waals surface area contributed by atoms with Crippen LogP contribution >= 0.6 is 0 Å². The molecular weight excluding hydrogens is 304 g/mol. The molecule has 0 aromatic heterocycles. The van der Waals surface area contributed by atoms with Gasteiger partial charge in [-0.3, -0.25) is 4.79 Å². The van der Waals surface area contributed by atoms with Crippen LogP contribution in [0.1, 0.15) is 52.0 Å². The highest BCUT2D eigenvalue weighted by Gasteiger charge is 2.16. The monoisotopic (exact) mass is 334 g/mol. The standard InChI is InChI=1S/C19H30N2O3/c1-19(2,3)21-18(22)13-24-16-10-9-14(11-17(16)23-4)12-20-15-7-5-6-8-15/h9-11,15,20H,5-8,12-13H2,1-4H3,(H,21,22). The fourth-order valence-corrected chi connectivity index (χ4v) is 2.93. The molecule has 1 aromatic rings. The Morgan fingerprint density at radius 3 is 2.54 bits per heavy atom. The molecule has 1 saturated carbocycles. The van der Waals surface area contributed by atoms with Crippen LogP contribution in [-0.2, 0) is 11.3 Å². The number of rotatable bonds is 7. The minimum Gasteiger partial charge on any atom is -0.493 e. The molecule has 2 rings (SSSR count). The Morgan fingerprint density at radius 2 is 1.92 bits per heavy atom. The van der Waals surface area contributed by atoms with E-state index in [0.717, 1.165) is 12.1 Å². The molecule has 1 fully saturated rings. The van der Waals surface area contributed by atoms with E-state index >= 15 is 0 Å². The molecule has 1 amide bonds. The predicted octanol–water partition coefficient (Wildman–Crippen LogP) is 3.02. The van der Waals surface area contributed by atoms with Crippen molar-refractivity contribution in [2.75, 3.05) is 13.7 Å². The molecule has 0 saturated heterocycles. The third-order valence-electron chi connectivity index (χ3n) is 4.05. The molecule has 1 aliphatic rings. The number of hydrogen-bond acceptors (Lipinski definition) is 4. The first-order valence-electron chi connectivity index (χ1n) is 8.71. The second kappa shape index (κ2) is 8.38. The van der Waals surface area contributed by atoms with Gasteiger partial charge in [0.2, 0.25) is 0 Å². The summed E-state index contributed by atoms with van der Waals surface area (Å²) in [6.45, 7) is 6.63. The van der Waals surface area contributed by atoms with E-state index in [4.69, 9.17) is 9.47 Å². The van der Waals surface area contributed by atoms with Crippen molar-refractivity contribution in [3.63, 3.8) is 0 Å². The van der Waals surface area contributed by atoms with Gasteiger partial charge >= 0.3 is 0 Å². The Bertz CT molecular complexity index is 546. The van der Waals surface area contributed by atoms with Crippen LogP contribution in [0.25, 0.3) is 0 Å². The van der Waals surface area contributed by atoms with Crippen LogP contribution in [0.3, 0.4) is 0 Å². The predicted molar refractivity (Wildman–Crippen MR) is 95.5 cm³/mol. The minimum atomic E-state index is -0.264. The zero-order valence-corrected chi connectivity index (χ0v) is 15.3. The van der Waals surface area contributed by atoms with Gasteiger partial charge in [-0.15, -0.1) is 0 Å². The first-order chi connectivity index (χ1) is 11.4. The van der Waals surface area contributed by atoms with Gasteiger partial charge in [0.25, 0.3) is 5.91 Å². The smallest absolute Gasteiger partial charge is 0.258 e. The average Bonchev–Trinajstić information content (AvgIpc) is 3.03. The largest absolute Gasteiger partial charge is 0.493 e. The number of carbonyl (C=O) groups is 1. The number of methoxy groups -OCH3 is 1. The molecule has 134 valence electrons. The van der Waals surface area contributed by atoms with E-state index in [2.05, 4.69) is 10.6 Å². The lowest BCUT2D eigenvalue weighted by Gasteiger charge is -2.21. The topological polar surface area (TPSA) is 59.6 Å². The molecule has 24 heavy (non-hydrogen) atoms. The molecule has 5 heteroatoms. The van der Waals surface area contributed by atoms with E-state index in [1.54, 1.807) is 7.11 Å². The number of benzene rings is 1. The summed E-state index contributed by atoms with van der Waals surface area (Å²) in [5.74, 6) is 1.10. The van der Waals surface area contributed by atoms with E-state index in [-0.39, 0.29) is 18.1 Å². The molecule has 0 heterocycles. The summed E-state index contributed by atoms with van der Waals surface area (Å²) in [5, 5.41) is 6.46. The SMILES string of the molecule is COc1cc(CNC2CCCC2)ccc1OCC(=O)NC(C)(C)C. The highest BCUT2D eigenvalue weighted by Crippen LogP contribution is 2.28. The highest BCUT2D eigenvalue weighted by atomic mass is 16.5. The van der Waals surface area contributed by atoms with Crippen molar-refractivity contribution in [3.05, 3.63) is 23.8 Å². The molecule has 0 bridgehead atoms. The zero-order chi connectivity index (χ0) is 17.6. The summed E-state index contributed by atoms with van der Waals surface area (Å²) < 4.78 is 11.0. The molecular formula is C19H30N2O3. The van der Waals surface area contributed by atoms with E-state index in [0.29, 0.717) is 17.5 Å². The molecule has 0 radical (unpaired) electrons. The van der Waals surface area contributed by atoms with E-state index in [1.807, 2.05) is 39.0 Å². The van der Waals surface area contributed by atoms with Crippen LogP contribution < -0.4 is 20.1 Å². The molecule has 0 atom stereocenters. The van der Waals surface area contributed by atoms with Gasteiger partial charge < -0.3 is 20.1 Å². The van der Waals surface area contributed by atoms with Crippen molar-refractivity contribution >= 4 is 5.91 Å². The van der Waals surface area contributed by atoms with Gasteiger partial charge in [0.15, 0.2) is 18.1 Å². The van der Waals surface area contributed by atoms with Gasteiger partial charge in [-0.2, -0.15) is 0 Å². The van der Waals surface area contributed by atoms with Crippen molar-refractivity contribution in [2.45, 2.75) is 64.6 Å². The Balaban J connectivity index is 1.89. The van der Waals surface area contributed by atoms with Crippen molar-refractivity contribution in [1.29, 1.82) is 0 Å². The summed E-state index contributed by atoms with van der Waals surface area (Å²) in [7, 11) is 1.62. The molecule has 1 aromatic carbocycles. The maximum absolute atomic E-state index is 11.9. The average molecular weight is 334 g/mol. The van der Waals surface area contributed by atoms with E-state index in [9.17, 15) is 4.79 Å². The highest BCUT2D eigenvalue weighted by molar-refractivity contribution is 5.78. The second-order valence-electron chi connectivity index (χ2n) is 7.43. The van der Waals surface area contributed by atoms with Gasteiger partial charge in [-0.05, 0) is 51.3 Å². The third kappa shape index (κ3) is 6.04. The van der Waals surface area contributed by atoms with Gasteiger partial charge in [-0.25, -0.2) is 0 Å². The minimum absolute atomic E-state index is 0.0205. The maximum Gasteiger partial charge on any atom is 0.258 e. The zero-order valence-electron chi connectivity index (χ0n) is 15.3. The maximum atomic E-state index is 11.9. The van der Waals surface area contributed by atoms with Crippen LogP contribution in [0.4, 0.5) is 0 Å². The fourth-order valence-electron chi connectivity index (χ4n) is 2.93. The first-order valence-corrected chi connectivity index (χ1v) is 8.71. The molecule has 0 spiro atoms. The molecule has 5 nitrogen and oxygen atoms in total. The van der Waals surface area contributed by atoms with Crippen molar-refractivity contribution < 1.29 is 14.3 Å². The lowest BCUT2D eigenvalue weighted by Crippen LogP contribution is -2.43. The molecule has 1 aliphatic carbocycles. The Kier molecular flexibility index (Phi) is 6.49. The summed E-state index contributed by atoms with van der Waals surface area (Å²) in [6, 6.07) is 6.49. The van der Waals surface area contributed by atoms with Crippen molar-refractivity contribution in [2.24, 2.45) is 0 Å². The van der Waals surface area contributed by atoms with Crippen LogP contribution in [0, 0.1) is 0 Å². The third-order valence-corrected chi connectivity index (χ3v) is 4.05. The van der Waals surface area contributed by atoms with Crippen molar-refractivity contribution in [1.82, 2.24) is 10.6 Å². The number of nitrogens with one attached hydrogen (secondary N) is 2. The summed E-state index contributed by atoms with van der Waals surface area (Å²) in [6.07, 6.45) is 5.18. The summed E-state index contributed by atoms with van der Waals surface area (Å²) in [4.78, 5) is 11.9. The lowest BCUT2D eigenvalue weighted by molar-refractivity contribution is -0.124. The van der Waals surface area contributed by atoms with Crippen LogP contribution in [0.15, 0.2) is 18.2 Å². The number of carbonyl (C=O) groups excluding carboxylic acids is 1. The Morgan fingerprint density at radius 1 is 1.21 bits per heavy atom. The normalized spacial score (nSPS) is 15.3. The molecule has 2 N–H and O–H groups in total. The quantitative estimate of drug-likeness (QED) is 0.805. The van der Waals surface area contributed by atoms with Gasteiger partial charge in [-0.1, -0.05) is 18.9 Å². The number of ether oxygens (including phenoxy) is 2. The Labute approximate surface area is 145 Å². The summed E-state index contributed by atoms with van der Waals surface area (Å²) >= 11 is 0. The van der Waals surface area contributed by atoms with Gasteiger partial charge in [0.05, 0.1) is 7.11 Å².